The minimum Gasteiger partial charge on any atom is -0.348 e. The average molecular weight is 640 g/mol. The minimum absolute atomic E-state index is 0.0195. The molecule has 0 aliphatic heterocycles. The third-order valence-electron chi connectivity index (χ3n) is 8.20. The first-order valence-electron chi connectivity index (χ1n) is 14.1. The molecule has 240 valence electrons. The van der Waals surface area contributed by atoms with Crippen LogP contribution < -0.4 is 0 Å². The second kappa shape index (κ2) is 13.0. The van der Waals surface area contributed by atoms with E-state index in [1.54, 1.807) is 0 Å². The standard InChI is InChI=1S/C20H23N.C13H6N4O9/c1-14-15(2)21(5)19-12-11-17(13-18(14)19)20(3,4)16-9-7-6-8-10-16;18-13(7-1-9(14(19)20)5-10(2-7)15(21)22)8-3-11(16(23)24)6-12(4-8)17(25)26/h6-13H,1-5H3;1-6H. The summed E-state index contributed by atoms with van der Waals surface area (Å²) in [5.41, 5.74) is 2.78. The number of hydrogen-bond acceptors (Lipinski definition) is 9. The molecule has 0 fully saturated rings. The number of nitro groups is 4. The van der Waals surface area contributed by atoms with Gasteiger partial charge in [-0.2, -0.15) is 0 Å². The Morgan fingerprint density at radius 3 is 1.45 bits per heavy atom. The molecule has 14 heteroatoms. The summed E-state index contributed by atoms with van der Waals surface area (Å²) in [5.74, 6) is -1.08. The first-order chi connectivity index (χ1) is 22.0. The maximum absolute atomic E-state index is 12.5. The van der Waals surface area contributed by atoms with Crippen molar-refractivity contribution in [2.75, 3.05) is 0 Å². The zero-order valence-corrected chi connectivity index (χ0v) is 26.0. The zero-order chi connectivity index (χ0) is 34.8. The van der Waals surface area contributed by atoms with Crippen molar-refractivity contribution < 1.29 is 24.5 Å². The number of ketones is 1. The Labute approximate surface area is 267 Å². The summed E-state index contributed by atoms with van der Waals surface area (Å²) >= 11 is 0. The molecule has 1 aromatic heterocycles. The van der Waals surface area contributed by atoms with Crippen LogP contribution in [0.2, 0.25) is 0 Å². The van der Waals surface area contributed by atoms with Crippen molar-refractivity contribution in [3.8, 4) is 0 Å². The number of carbonyl (C=O) groups excluding carboxylic acids is 1. The zero-order valence-electron chi connectivity index (χ0n) is 26.0. The number of aromatic nitrogens is 1. The summed E-state index contributed by atoms with van der Waals surface area (Å²) in [7, 11) is 2.15. The Morgan fingerprint density at radius 2 is 1.04 bits per heavy atom. The van der Waals surface area contributed by atoms with Gasteiger partial charge in [0.1, 0.15) is 0 Å². The lowest BCUT2D eigenvalue weighted by atomic mass is 9.78. The number of nitro benzene ring substituents is 4. The molecule has 14 nitrogen and oxygen atoms in total. The number of benzene rings is 4. The quantitative estimate of drug-likeness (QED) is 0.0929. The predicted molar refractivity (Wildman–Crippen MR) is 174 cm³/mol. The number of non-ortho nitro benzene ring substituents is 4. The van der Waals surface area contributed by atoms with Crippen LogP contribution in [0.4, 0.5) is 22.7 Å². The van der Waals surface area contributed by atoms with Crippen LogP contribution in [0, 0.1) is 54.3 Å². The number of rotatable bonds is 8. The van der Waals surface area contributed by atoms with Gasteiger partial charge in [0, 0.05) is 64.5 Å². The van der Waals surface area contributed by atoms with Crippen LogP contribution >= 0.6 is 0 Å². The SMILES string of the molecule is Cc1c(C)n(C)c2ccc(C(C)(C)c3ccccc3)cc12.O=C(c1cc([N+](=O)[O-])cc([N+](=O)[O-])c1)c1cc([N+](=O)[O-])cc([N+](=O)[O-])c1. The molecular weight excluding hydrogens is 610 g/mol. The van der Waals surface area contributed by atoms with Crippen molar-refractivity contribution in [2.24, 2.45) is 7.05 Å². The van der Waals surface area contributed by atoms with E-state index >= 15 is 0 Å². The number of fused-ring (bicyclic) bond motifs is 1. The van der Waals surface area contributed by atoms with E-state index in [0.29, 0.717) is 12.1 Å². The Bertz CT molecular complexity index is 1940. The van der Waals surface area contributed by atoms with Crippen molar-refractivity contribution in [1.29, 1.82) is 0 Å². The lowest BCUT2D eigenvalue weighted by molar-refractivity contribution is -0.394. The summed E-state index contributed by atoms with van der Waals surface area (Å²) < 4.78 is 2.28. The molecule has 0 radical (unpaired) electrons. The second-order valence-corrected chi connectivity index (χ2v) is 11.3. The van der Waals surface area contributed by atoms with Crippen molar-refractivity contribution in [3.05, 3.63) is 159 Å². The van der Waals surface area contributed by atoms with Gasteiger partial charge in [-0.25, -0.2) is 0 Å². The van der Waals surface area contributed by atoms with Gasteiger partial charge in [0.05, 0.1) is 31.8 Å². The first kappa shape index (κ1) is 33.6. The van der Waals surface area contributed by atoms with E-state index in [1.165, 1.54) is 33.3 Å². The van der Waals surface area contributed by atoms with Gasteiger partial charge in [-0.1, -0.05) is 50.2 Å². The second-order valence-electron chi connectivity index (χ2n) is 11.3. The number of nitrogens with zero attached hydrogens (tertiary/aromatic N) is 5. The van der Waals surface area contributed by atoms with Gasteiger partial charge >= 0.3 is 0 Å². The minimum atomic E-state index is -1.08. The fourth-order valence-corrected chi connectivity index (χ4v) is 5.21. The highest BCUT2D eigenvalue weighted by Crippen LogP contribution is 2.35. The first-order valence-corrected chi connectivity index (χ1v) is 14.1. The Morgan fingerprint density at radius 1 is 0.617 bits per heavy atom. The van der Waals surface area contributed by atoms with Crippen molar-refractivity contribution in [2.45, 2.75) is 33.1 Å². The molecule has 0 N–H and O–H groups in total. The van der Waals surface area contributed by atoms with Crippen LogP contribution in [-0.2, 0) is 12.5 Å². The maximum Gasteiger partial charge on any atom is 0.277 e. The maximum atomic E-state index is 12.5. The summed E-state index contributed by atoms with van der Waals surface area (Å²) in [6, 6.07) is 21.8. The molecule has 0 unspecified atom stereocenters. The summed E-state index contributed by atoms with van der Waals surface area (Å²) in [6.07, 6.45) is 0. The molecule has 0 saturated carbocycles. The summed E-state index contributed by atoms with van der Waals surface area (Å²) in [4.78, 5) is 52.1. The highest BCUT2D eigenvalue weighted by atomic mass is 16.6. The summed E-state index contributed by atoms with van der Waals surface area (Å²) in [5, 5.41) is 44.8. The van der Waals surface area contributed by atoms with E-state index in [-0.39, 0.29) is 5.41 Å². The predicted octanol–water partition coefficient (Wildman–Crippen LogP) is 7.67. The van der Waals surface area contributed by atoms with E-state index in [9.17, 15) is 45.3 Å². The fourth-order valence-electron chi connectivity index (χ4n) is 5.21. The molecule has 0 aliphatic carbocycles. The van der Waals surface area contributed by atoms with Crippen molar-refractivity contribution in [1.82, 2.24) is 4.57 Å². The lowest BCUT2D eigenvalue weighted by Crippen LogP contribution is -2.18. The molecule has 0 aliphatic rings. The molecule has 0 atom stereocenters. The number of aryl methyl sites for hydroxylation is 2. The smallest absolute Gasteiger partial charge is 0.277 e. The average Bonchev–Trinajstić information content (AvgIpc) is 3.27. The third kappa shape index (κ3) is 6.86. The normalized spacial score (nSPS) is 11.0. The third-order valence-corrected chi connectivity index (χ3v) is 8.20. The van der Waals surface area contributed by atoms with E-state index in [0.717, 1.165) is 24.3 Å². The highest BCUT2D eigenvalue weighted by Gasteiger charge is 2.25. The molecule has 4 aromatic carbocycles. The van der Waals surface area contributed by atoms with Gasteiger partial charge in [-0.3, -0.25) is 45.3 Å². The van der Waals surface area contributed by atoms with Gasteiger partial charge in [0.15, 0.2) is 5.78 Å². The van der Waals surface area contributed by atoms with E-state index < -0.39 is 59.4 Å². The molecule has 5 rings (SSSR count). The van der Waals surface area contributed by atoms with Crippen LogP contribution in [-0.4, -0.2) is 30.0 Å². The van der Waals surface area contributed by atoms with E-state index in [2.05, 4.69) is 87.8 Å². The Kier molecular flexibility index (Phi) is 9.26. The largest absolute Gasteiger partial charge is 0.348 e. The van der Waals surface area contributed by atoms with Crippen LogP contribution in [0.15, 0.2) is 84.9 Å². The molecule has 1 heterocycles. The lowest BCUT2D eigenvalue weighted by Gasteiger charge is -2.26. The van der Waals surface area contributed by atoms with Gasteiger partial charge < -0.3 is 4.57 Å². The monoisotopic (exact) mass is 639 g/mol. The van der Waals surface area contributed by atoms with Crippen LogP contribution in [0.1, 0.15) is 52.2 Å². The number of carbonyl (C=O) groups is 1. The molecule has 0 amide bonds. The highest BCUT2D eigenvalue weighted by molar-refractivity contribution is 6.10. The van der Waals surface area contributed by atoms with Crippen LogP contribution in [0.3, 0.4) is 0 Å². The van der Waals surface area contributed by atoms with Gasteiger partial charge in [0.2, 0.25) is 0 Å². The topological polar surface area (TPSA) is 195 Å². The van der Waals surface area contributed by atoms with Crippen LogP contribution in [0.5, 0.6) is 0 Å². The molecule has 47 heavy (non-hydrogen) atoms. The molecule has 0 bridgehead atoms. The van der Waals surface area contributed by atoms with E-state index in [1.807, 2.05) is 0 Å². The molecule has 0 spiro atoms. The van der Waals surface area contributed by atoms with Crippen molar-refractivity contribution >= 4 is 39.4 Å². The summed E-state index contributed by atoms with van der Waals surface area (Å²) in [6.45, 7) is 9.01. The van der Waals surface area contributed by atoms with Gasteiger partial charge in [-0.05, 0) is 42.7 Å². The van der Waals surface area contributed by atoms with E-state index in [4.69, 9.17) is 0 Å². The van der Waals surface area contributed by atoms with Gasteiger partial charge in [-0.15, -0.1) is 0 Å². The molecule has 5 aromatic rings. The molecule has 0 saturated heterocycles. The molecular formula is C33H29N5O9. The Balaban J connectivity index is 0.000000217. The van der Waals surface area contributed by atoms with Crippen LogP contribution in [0.25, 0.3) is 10.9 Å². The van der Waals surface area contributed by atoms with Crippen molar-refractivity contribution in [3.63, 3.8) is 0 Å². The Hall–Kier alpha value is -6.31. The van der Waals surface area contributed by atoms with Gasteiger partial charge in [0.25, 0.3) is 22.7 Å². The fraction of sp³-hybridized carbons (Fsp3) is 0.182. The number of hydrogen-bond donors (Lipinski definition) is 0.